The highest BCUT2D eigenvalue weighted by atomic mass is 35.5. The number of nitrogens with one attached hydrogen (secondary N) is 1. The molecule has 1 atom stereocenters. The largest absolute Gasteiger partial charge is 0.356 e. The van der Waals surface area contributed by atoms with Gasteiger partial charge in [-0.2, -0.15) is 0 Å². The molecule has 5 nitrogen and oxygen atoms in total. The molecule has 0 spiro atoms. The van der Waals surface area contributed by atoms with E-state index in [0.717, 1.165) is 12.8 Å². The Morgan fingerprint density at radius 2 is 2.23 bits per heavy atom. The molecule has 3 heterocycles. The number of nitrogens with zero attached hydrogens (tertiary/aromatic N) is 2. The van der Waals surface area contributed by atoms with Gasteiger partial charge in [-0.15, -0.1) is 0 Å². The van der Waals surface area contributed by atoms with E-state index in [0.29, 0.717) is 29.5 Å². The summed E-state index contributed by atoms with van der Waals surface area (Å²) in [6.07, 6.45) is 4.78. The van der Waals surface area contributed by atoms with Gasteiger partial charge in [0.1, 0.15) is 11.4 Å². The molecule has 1 aliphatic heterocycles. The maximum Gasteiger partial charge on any atom is 0.270 e. The average Bonchev–Trinajstić information content (AvgIpc) is 3.01. The number of halogens is 1. The van der Waals surface area contributed by atoms with Gasteiger partial charge in [0.05, 0.1) is 5.02 Å². The summed E-state index contributed by atoms with van der Waals surface area (Å²) >= 11 is 5.84. The van der Waals surface area contributed by atoms with Crippen molar-refractivity contribution in [2.75, 3.05) is 13.1 Å². The van der Waals surface area contributed by atoms with Gasteiger partial charge in [-0.1, -0.05) is 17.7 Å². The third-order valence-corrected chi connectivity index (χ3v) is 4.09. The molecule has 0 aromatic carbocycles. The van der Waals surface area contributed by atoms with Crippen LogP contribution in [0.5, 0.6) is 0 Å². The molecule has 22 heavy (non-hydrogen) atoms. The van der Waals surface area contributed by atoms with Crippen LogP contribution in [-0.2, 0) is 0 Å². The van der Waals surface area contributed by atoms with Crippen LogP contribution in [0, 0.1) is 5.92 Å². The highest BCUT2D eigenvalue weighted by Gasteiger charge is 2.30. The van der Waals surface area contributed by atoms with Crippen molar-refractivity contribution in [3.63, 3.8) is 0 Å². The second kappa shape index (κ2) is 6.32. The first-order chi connectivity index (χ1) is 10.6. The normalized spacial score (nSPS) is 18.2. The van der Waals surface area contributed by atoms with Gasteiger partial charge in [-0.3, -0.25) is 14.6 Å². The predicted octanol–water partition coefficient (Wildman–Crippen LogP) is 2.80. The van der Waals surface area contributed by atoms with Crippen LogP contribution in [0.1, 0.15) is 33.8 Å². The van der Waals surface area contributed by atoms with E-state index in [1.807, 2.05) is 0 Å². The lowest BCUT2D eigenvalue weighted by Gasteiger charge is -2.31. The summed E-state index contributed by atoms with van der Waals surface area (Å²) in [4.78, 5) is 33.6. The smallest absolute Gasteiger partial charge is 0.270 e. The second-order valence-electron chi connectivity index (χ2n) is 5.40. The number of aromatic amines is 1. The summed E-state index contributed by atoms with van der Waals surface area (Å²) in [6, 6.07) is 6.90. The third-order valence-electron chi connectivity index (χ3n) is 3.87. The van der Waals surface area contributed by atoms with Crippen LogP contribution in [0.4, 0.5) is 0 Å². The highest BCUT2D eigenvalue weighted by molar-refractivity contribution is 6.30. The van der Waals surface area contributed by atoms with Crippen LogP contribution in [0.15, 0.2) is 36.7 Å². The molecule has 1 aliphatic rings. The lowest BCUT2D eigenvalue weighted by Crippen LogP contribution is -2.42. The number of carbonyl (C=O) groups excluding carboxylic acids is 2. The van der Waals surface area contributed by atoms with Gasteiger partial charge in [-0.25, -0.2) is 0 Å². The van der Waals surface area contributed by atoms with E-state index in [4.69, 9.17) is 11.6 Å². The monoisotopic (exact) mass is 317 g/mol. The van der Waals surface area contributed by atoms with Gasteiger partial charge in [0.15, 0.2) is 5.78 Å². The highest BCUT2D eigenvalue weighted by Crippen LogP contribution is 2.22. The van der Waals surface area contributed by atoms with E-state index in [2.05, 4.69) is 9.97 Å². The molecule has 1 fully saturated rings. The Kier molecular flexibility index (Phi) is 4.24. The maximum absolute atomic E-state index is 12.5. The van der Waals surface area contributed by atoms with Crippen molar-refractivity contribution in [2.24, 2.45) is 5.92 Å². The second-order valence-corrected chi connectivity index (χ2v) is 5.84. The zero-order chi connectivity index (χ0) is 15.5. The van der Waals surface area contributed by atoms with Crippen molar-refractivity contribution in [2.45, 2.75) is 12.8 Å². The minimum Gasteiger partial charge on any atom is -0.356 e. The molecule has 0 unspecified atom stereocenters. The quantitative estimate of drug-likeness (QED) is 0.885. The minimum absolute atomic E-state index is 0.00242. The van der Waals surface area contributed by atoms with Crippen LogP contribution in [-0.4, -0.2) is 39.6 Å². The molecule has 2 aromatic rings. The third kappa shape index (κ3) is 3.04. The molecule has 6 heteroatoms. The summed E-state index contributed by atoms with van der Waals surface area (Å²) in [5.74, 6) is -0.314. The average molecular weight is 318 g/mol. The number of Topliss-reactive ketones (excluding diaryl/α,β-unsaturated/α-hetero) is 1. The van der Waals surface area contributed by atoms with E-state index in [-0.39, 0.29) is 17.6 Å². The van der Waals surface area contributed by atoms with Gasteiger partial charge in [0.2, 0.25) is 0 Å². The molecule has 1 N–H and O–H groups in total. The van der Waals surface area contributed by atoms with Crippen LogP contribution in [0.3, 0.4) is 0 Å². The van der Waals surface area contributed by atoms with Crippen LogP contribution >= 0.6 is 11.6 Å². The fourth-order valence-corrected chi connectivity index (χ4v) is 2.92. The molecule has 114 valence electrons. The summed E-state index contributed by atoms with van der Waals surface area (Å²) < 4.78 is 0. The van der Waals surface area contributed by atoms with Crippen molar-refractivity contribution < 1.29 is 9.59 Å². The summed E-state index contributed by atoms with van der Waals surface area (Å²) in [6.45, 7) is 1.08. The number of H-pyrrole nitrogens is 1. The summed E-state index contributed by atoms with van der Waals surface area (Å²) in [5.41, 5.74) is 0.917. The lowest BCUT2D eigenvalue weighted by atomic mass is 9.91. The molecular weight excluding hydrogens is 302 g/mol. The fourth-order valence-electron chi connectivity index (χ4n) is 2.75. The number of hydrogen-bond donors (Lipinski definition) is 1. The first-order valence-corrected chi connectivity index (χ1v) is 7.61. The number of rotatable bonds is 3. The van der Waals surface area contributed by atoms with E-state index in [1.165, 1.54) is 0 Å². The molecular formula is C16H16ClN3O2. The number of aromatic nitrogens is 2. The molecule has 0 bridgehead atoms. The van der Waals surface area contributed by atoms with E-state index in [1.54, 1.807) is 41.6 Å². The maximum atomic E-state index is 12.5. The molecule has 3 rings (SSSR count). The van der Waals surface area contributed by atoms with Crippen LogP contribution in [0.25, 0.3) is 0 Å². The summed E-state index contributed by atoms with van der Waals surface area (Å²) in [5, 5.41) is 0.501. The topological polar surface area (TPSA) is 66.1 Å². The first kappa shape index (κ1) is 14.8. The Balaban J connectivity index is 1.72. The molecule has 0 saturated carbocycles. The van der Waals surface area contributed by atoms with Crippen LogP contribution < -0.4 is 0 Å². The number of likely N-dealkylation sites (tertiary alicyclic amines) is 1. The van der Waals surface area contributed by atoms with Crippen molar-refractivity contribution in [1.82, 2.24) is 14.9 Å². The van der Waals surface area contributed by atoms with Crippen molar-refractivity contribution >= 4 is 23.3 Å². The Bertz CT molecular complexity index is 684. The lowest BCUT2D eigenvalue weighted by molar-refractivity contribution is 0.0631. The number of pyridine rings is 1. The van der Waals surface area contributed by atoms with Gasteiger partial charge in [0, 0.05) is 31.4 Å². The SMILES string of the molecule is O=C(c1ccccn1)[C@H]1CCCN(C(=O)c2cc(Cl)c[nH]2)C1. The number of ketones is 1. The van der Waals surface area contributed by atoms with E-state index in [9.17, 15) is 9.59 Å². The van der Waals surface area contributed by atoms with Gasteiger partial charge in [0.25, 0.3) is 5.91 Å². The number of hydrogen-bond acceptors (Lipinski definition) is 3. The van der Waals surface area contributed by atoms with Crippen molar-refractivity contribution in [3.05, 3.63) is 53.1 Å². The zero-order valence-corrected chi connectivity index (χ0v) is 12.7. The molecule has 2 aromatic heterocycles. The molecule has 1 saturated heterocycles. The Hall–Kier alpha value is -2.14. The standard InChI is InChI=1S/C16H16ClN3O2/c17-12-8-14(19-9-12)16(22)20-7-3-4-11(10-20)15(21)13-5-1-2-6-18-13/h1-2,5-6,8-9,11,19H,3-4,7,10H2/t11-/m0/s1. The van der Waals surface area contributed by atoms with Gasteiger partial charge >= 0.3 is 0 Å². The predicted molar refractivity (Wildman–Crippen MR) is 83.0 cm³/mol. The first-order valence-electron chi connectivity index (χ1n) is 7.23. The van der Waals surface area contributed by atoms with Crippen molar-refractivity contribution in [1.29, 1.82) is 0 Å². The van der Waals surface area contributed by atoms with Gasteiger partial charge < -0.3 is 9.88 Å². The number of carbonyl (C=O) groups is 2. The zero-order valence-electron chi connectivity index (χ0n) is 12.0. The van der Waals surface area contributed by atoms with E-state index >= 15 is 0 Å². The Morgan fingerprint density at radius 3 is 2.91 bits per heavy atom. The fraction of sp³-hybridized carbons (Fsp3) is 0.312. The van der Waals surface area contributed by atoms with E-state index < -0.39 is 0 Å². The Labute approximate surface area is 133 Å². The van der Waals surface area contributed by atoms with Crippen LogP contribution in [0.2, 0.25) is 5.02 Å². The van der Waals surface area contributed by atoms with Gasteiger partial charge in [-0.05, 0) is 31.0 Å². The Morgan fingerprint density at radius 1 is 1.36 bits per heavy atom. The minimum atomic E-state index is -0.196. The molecule has 1 amide bonds. The molecule has 0 radical (unpaired) electrons. The summed E-state index contributed by atoms with van der Waals surface area (Å²) in [7, 11) is 0. The number of amides is 1. The number of piperidine rings is 1. The van der Waals surface area contributed by atoms with Crippen molar-refractivity contribution in [3.8, 4) is 0 Å². The molecule has 0 aliphatic carbocycles.